The Hall–Kier alpha value is -1.72. The number of anilines is 1. The van der Waals surface area contributed by atoms with Gasteiger partial charge in [0.25, 0.3) is 0 Å². The van der Waals surface area contributed by atoms with Crippen molar-refractivity contribution in [2.75, 3.05) is 5.73 Å². The summed E-state index contributed by atoms with van der Waals surface area (Å²) in [5, 5.41) is 0.953. The van der Waals surface area contributed by atoms with Crippen LogP contribution in [-0.4, -0.2) is 0 Å². The number of rotatable bonds is 3. The Kier molecular flexibility index (Phi) is 4.03. The highest BCUT2D eigenvalue weighted by Gasteiger charge is 2.07. The lowest BCUT2D eigenvalue weighted by Gasteiger charge is -2.06. The highest BCUT2D eigenvalue weighted by atomic mass is 79.9. The zero-order valence-corrected chi connectivity index (χ0v) is 13.4. The van der Waals surface area contributed by atoms with Gasteiger partial charge in [0.1, 0.15) is 5.58 Å². The monoisotopic (exact) mass is 361 g/mol. The first kappa shape index (κ1) is 14.2. The van der Waals surface area contributed by atoms with Gasteiger partial charge >= 0.3 is 5.63 Å². The van der Waals surface area contributed by atoms with Crippen LogP contribution in [0.1, 0.15) is 5.56 Å². The predicted molar refractivity (Wildman–Crippen MR) is 90.6 cm³/mol. The van der Waals surface area contributed by atoms with Gasteiger partial charge in [0.05, 0.1) is 0 Å². The minimum absolute atomic E-state index is 0.330. The van der Waals surface area contributed by atoms with E-state index in [2.05, 4.69) is 15.9 Å². The van der Waals surface area contributed by atoms with Gasteiger partial charge < -0.3 is 10.2 Å². The molecule has 0 amide bonds. The standard InChI is InChI=1S/C16H12BrNO2S/c17-11-4-5-14-10(6-16(19)20-15(14)7-11)9-21-13-3-1-2-12(18)8-13/h1-8H,9,18H2. The summed E-state index contributed by atoms with van der Waals surface area (Å²) in [6.07, 6.45) is 0. The van der Waals surface area contributed by atoms with E-state index in [1.54, 1.807) is 17.8 Å². The second-order valence-corrected chi connectivity index (χ2v) is 6.56. The third kappa shape index (κ3) is 3.31. The highest BCUT2D eigenvalue weighted by Crippen LogP contribution is 2.28. The van der Waals surface area contributed by atoms with E-state index in [-0.39, 0.29) is 5.63 Å². The summed E-state index contributed by atoms with van der Waals surface area (Å²) in [5.74, 6) is 0.688. The molecule has 0 saturated heterocycles. The molecule has 0 unspecified atom stereocenters. The summed E-state index contributed by atoms with van der Waals surface area (Å²) in [7, 11) is 0. The van der Waals surface area contributed by atoms with Crippen molar-refractivity contribution in [3.8, 4) is 0 Å². The van der Waals surface area contributed by atoms with Crippen molar-refractivity contribution in [3.05, 3.63) is 69.0 Å². The third-order valence-electron chi connectivity index (χ3n) is 3.04. The fourth-order valence-electron chi connectivity index (χ4n) is 2.09. The first-order valence-corrected chi connectivity index (χ1v) is 8.10. The summed E-state index contributed by atoms with van der Waals surface area (Å²) >= 11 is 5.03. The van der Waals surface area contributed by atoms with Crippen LogP contribution in [0.25, 0.3) is 11.0 Å². The van der Waals surface area contributed by atoms with Crippen molar-refractivity contribution in [2.24, 2.45) is 0 Å². The number of fused-ring (bicyclic) bond motifs is 1. The van der Waals surface area contributed by atoms with E-state index in [1.165, 1.54) is 0 Å². The summed E-state index contributed by atoms with van der Waals surface area (Å²) in [6, 6.07) is 15.0. The molecule has 0 aliphatic carbocycles. The summed E-state index contributed by atoms with van der Waals surface area (Å²) in [6.45, 7) is 0. The molecule has 0 aliphatic heterocycles. The lowest BCUT2D eigenvalue weighted by atomic mass is 10.1. The normalized spacial score (nSPS) is 10.9. The maximum absolute atomic E-state index is 11.7. The Labute approximate surface area is 134 Å². The number of nitrogen functional groups attached to an aromatic ring is 1. The SMILES string of the molecule is Nc1cccc(SCc2cc(=O)oc3cc(Br)ccc23)c1. The van der Waals surface area contributed by atoms with E-state index in [1.807, 2.05) is 42.5 Å². The molecular weight excluding hydrogens is 350 g/mol. The van der Waals surface area contributed by atoms with Crippen LogP contribution in [0.5, 0.6) is 0 Å². The van der Waals surface area contributed by atoms with Crippen molar-refractivity contribution in [1.29, 1.82) is 0 Å². The van der Waals surface area contributed by atoms with E-state index in [0.717, 1.165) is 26.0 Å². The van der Waals surface area contributed by atoms with Crippen molar-refractivity contribution in [2.45, 2.75) is 10.6 Å². The molecule has 21 heavy (non-hydrogen) atoms. The molecule has 2 aromatic carbocycles. The van der Waals surface area contributed by atoms with Crippen LogP contribution >= 0.6 is 27.7 Å². The lowest BCUT2D eigenvalue weighted by Crippen LogP contribution is -1.99. The number of nitrogens with two attached hydrogens (primary N) is 1. The molecule has 2 N–H and O–H groups in total. The molecular formula is C16H12BrNO2S. The fraction of sp³-hybridized carbons (Fsp3) is 0.0625. The molecule has 0 aliphatic rings. The Balaban J connectivity index is 1.95. The largest absolute Gasteiger partial charge is 0.423 e. The van der Waals surface area contributed by atoms with Crippen LogP contribution in [0, 0.1) is 0 Å². The number of thioether (sulfide) groups is 1. The number of halogens is 1. The molecule has 3 aromatic rings. The first-order chi connectivity index (χ1) is 10.1. The molecule has 0 radical (unpaired) electrons. The molecule has 0 saturated carbocycles. The number of hydrogen-bond acceptors (Lipinski definition) is 4. The van der Waals surface area contributed by atoms with Gasteiger partial charge in [-0.25, -0.2) is 4.79 Å². The quantitative estimate of drug-likeness (QED) is 0.425. The van der Waals surface area contributed by atoms with Crippen molar-refractivity contribution >= 4 is 44.3 Å². The van der Waals surface area contributed by atoms with Crippen LogP contribution in [0.3, 0.4) is 0 Å². The van der Waals surface area contributed by atoms with Crippen LogP contribution in [0.15, 0.2) is 67.1 Å². The van der Waals surface area contributed by atoms with Gasteiger partial charge in [-0.3, -0.25) is 0 Å². The van der Waals surface area contributed by atoms with Crippen molar-refractivity contribution in [3.63, 3.8) is 0 Å². The third-order valence-corrected chi connectivity index (χ3v) is 4.58. The van der Waals surface area contributed by atoms with Crippen molar-refractivity contribution in [1.82, 2.24) is 0 Å². The maximum Gasteiger partial charge on any atom is 0.336 e. The van der Waals surface area contributed by atoms with E-state index in [0.29, 0.717) is 11.3 Å². The molecule has 5 heteroatoms. The second kappa shape index (κ2) is 5.95. The Bertz CT molecular complexity index is 860. The number of hydrogen-bond donors (Lipinski definition) is 1. The average molecular weight is 362 g/mol. The van der Waals surface area contributed by atoms with Gasteiger partial charge in [-0.15, -0.1) is 11.8 Å². The average Bonchev–Trinajstić information content (AvgIpc) is 2.44. The van der Waals surface area contributed by atoms with Crippen LogP contribution in [0.2, 0.25) is 0 Å². The van der Waals surface area contributed by atoms with Gasteiger partial charge in [-0.05, 0) is 42.0 Å². The molecule has 0 atom stereocenters. The summed E-state index contributed by atoms with van der Waals surface area (Å²) < 4.78 is 6.13. The van der Waals surface area contributed by atoms with Crippen LogP contribution in [0.4, 0.5) is 5.69 Å². The summed E-state index contributed by atoms with van der Waals surface area (Å²) in [5.41, 5.74) is 7.74. The van der Waals surface area contributed by atoms with Gasteiger partial charge in [-0.2, -0.15) is 0 Å². The topological polar surface area (TPSA) is 56.2 Å². The predicted octanol–water partition coefficient (Wildman–Crippen LogP) is 4.43. The van der Waals surface area contributed by atoms with E-state index in [9.17, 15) is 4.79 Å². The van der Waals surface area contributed by atoms with Gasteiger partial charge in [-0.1, -0.05) is 22.0 Å². The molecule has 3 rings (SSSR count). The smallest absolute Gasteiger partial charge is 0.336 e. The Morgan fingerprint density at radius 3 is 2.81 bits per heavy atom. The van der Waals surface area contributed by atoms with Crippen LogP contribution in [-0.2, 0) is 5.75 Å². The van der Waals surface area contributed by atoms with Crippen molar-refractivity contribution < 1.29 is 4.42 Å². The molecule has 0 spiro atoms. The first-order valence-electron chi connectivity index (χ1n) is 6.32. The van der Waals surface area contributed by atoms with E-state index < -0.39 is 0 Å². The minimum atomic E-state index is -0.330. The molecule has 106 valence electrons. The number of benzene rings is 2. The Morgan fingerprint density at radius 1 is 1.14 bits per heavy atom. The lowest BCUT2D eigenvalue weighted by molar-refractivity contribution is 0.559. The maximum atomic E-state index is 11.7. The van der Waals surface area contributed by atoms with Gasteiger partial charge in [0.15, 0.2) is 0 Å². The van der Waals surface area contributed by atoms with Gasteiger partial charge in [0, 0.05) is 32.3 Å². The Morgan fingerprint density at radius 2 is 2.00 bits per heavy atom. The molecule has 3 nitrogen and oxygen atoms in total. The van der Waals surface area contributed by atoms with Crippen LogP contribution < -0.4 is 11.4 Å². The minimum Gasteiger partial charge on any atom is -0.423 e. The zero-order valence-electron chi connectivity index (χ0n) is 11.0. The van der Waals surface area contributed by atoms with Gasteiger partial charge in [0.2, 0.25) is 0 Å². The molecule has 1 aromatic heterocycles. The molecule has 0 bridgehead atoms. The zero-order chi connectivity index (χ0) is 14.8. The highest BCUT2D eigenvalue weighted by molar-refractivity contribution is 9.10. The molecule has 0 fully saturated rings. The fourth-order valence-corrected chi connectivity index (χ4v) is 3.38. The second-order valence-electron chi connectivity index (χ2n) is 4.59. The summed E-state index contributed by atoms with van der Waals surface area (Å²) in [4.78, 5) is 12.7. The van der Waals surface area contributed by atoms with E-state index in [4.69, 9.17) is 10.2 Å². The van der Waals surface area contributed by atoms with E-state index >= 15 is 0 Å². The molecule has 1 heterocycles.